The van der Waals surface area contributed by atoms with Crippen LogP contribution in [0, 0.1) is 0 Å². The molecule has 158 valence electrons. The first-order valence-corrected chi connectivity index (χ1v) is 9.39. The Morgan fingerprint density at radius 2 is 1.93 bits per heavy atom. The number of nitrogens with one attached hydrogen (secondary N) is 2. The fourth-order valence-electron chi connectivity index (χ4n) is 2.97. The molecule has 2 rings (SSSR count). The maximum atomic E-state index is 11.9. The molecular weight excluding hydrogens is 469 g/mol. The molecule has 1 fully saturated rings. The van der Waals surface area contributed by atoms with Gasteiger partial charge in [0, 0.05) is 46.5 Å². The van der Waals surface area contributed by atoms with Gasteiger partial charge in [0.25, 0.3) is 0 Å². The lowest BCUT2D eigenvalue weighted by molar-refractivity contribution is 0.0507. The van der Waals surface area contributed by atoms with E-state index in [0.29, 0.717) is 6.54 Å². The Hall–Kier alpha value is -1.71. The molecule has 0 spiro atoms. The van der Waals surface area contributed by atoms with Crippen LogP contribution in [0.3, 0.4) is 0 Å². The van der Waals surface area contributed by atoms with Gasteiger partial charge < -0.3 is 25.2 Å². The van der Waals surface area contributed by atoms with Crippen molar-refractivity contribution >= 4 is 41.7 Å². The summed E-state index contributed by atoms with van der Waals surface area (Å²) in [5.41, 5.74) is 1.89. The van der Waals surface area contributed by atoms with Crippen LogP contribution >= 0.6 is 24.0 Å². The number of alkyl carbamates (subject to hydrolysis) is 1. The molecule has 0 saturated carbocycles. The molecule has 1 saturated heterocycles. The molecule has 0 aliphatic carbocycles. The molecule has 0 bridgehead atoms. The molecule has 7 nitrogen and oxygen atoms in total. The van der Waals surface area contributed by atoms with Crippen molar-refractivity contribution in [2.75, 3.05) is 39.1 Å². The quantitative estimate of drug-likeness (QED) is 0.376. The molecule has 1 atom stereocenters. The van der Waals surface area contributed by atoms with Crippen LogP contribution in [-0.4, -0.2) is 62.8 Å². The number of hydrogen-bond donors (Lipinski definition) is 2. The first kappa shape index (κ1) is 24.3. The molecule has 0 aromatic heterocycles. The molecular formula is C20H34IN5O2. The Bertz CT molecular complexity index is 656. The number of rotatable bonds is 4. The average molecular weight is 503 g/mol. The SMILES string of the molecule is CN=C(NCc1ccc(N(C)C)cc1)N1CCC(NC(=O)OC(C)(C)C)C1.I. The number of amides is 1. The molecule has 1 aliphatic heterocycles. The lowest BCUT2D eigenvalue weighted by atomic mass is 10.2. The minimum atomic E-state index is -0.484. The Labute approximate surface area is 185 Å². The van der Waals surface area contributed by atoms with Crippen LogP contribution in [0.2, 0.25) is 0 Å². The number of guanidine groups is 1. The molecule has 1 aliphatic rings. The number of ether oxygens (including phenoxy) is 1. The van der Waals surface area contributed by atoms with Crippen LogP contribution in [0.25, 0.3) is 0 Å². The summed E-state index contributed by atoms with van der Waals surface area (Å²) < 4.78 is 5.34. The lowest BCUT2D eigenvalue weighted by Gasteiger charge is -2.23. The number of halogens is 1. The number of anilines is 1. The van der Waals surface area contributed by atoms with E-state index in [1.54, 1.807) is 7.05 Å². The molecule has 1 amide bonds. The summed E-state index contributed by atoms with van der Waals surface area (Å²) in [5.74, 6) is 0.847. The normalized spacial score (nSPS) is 17.0. The van der Waals surface area contributed by atoms with Crippen molar-refractivity contribution in [3.8, 4) is 0 Å². The number of nitrogens with zero attached hydrogens (tertiary/aromatic N) is 3. The van der Waals surface area contributed by atoms with Gasteiger partial charge in [-0.2, -0.15) is 0 Å². The molecule has 8 heteroatoms. The molecule has 1 aromatic carbocycles. The zero-order chi connectivity index (χ0) is 20.0. The third-order valence-corrected chi connectivity index (χ3v) is 4.32. The van der Waals surface area contributed by atoms with Crippen molar-refractivity contribution < 1.29 is 9.53 Å². The Balaban J connectivity index is 0.00000392. The second kappa shape index (κ2) is 10.7. The predicted molar refractivity (Wildman–Crippen MR) is 126 cm³/mol. The van der Waals surface area contributed by atoms with Gasteiger partial charge in [0.05, 0.1) is 6.04 Å². The lowest BCUT2D eigenvalue weighted by Crippen LogP contribution is -2.44. The maximum absolute atomic E-state index is 11.9. The highest BCUT2D eigenvalue weighted by molar-refractivity contribution is 14.0. The van der Waals surface area contributed by atoms with Crippen molar-refractivity contribution in [1.29, 1.82) is 0 Å². The highest BCUT2D eigenvalue weighted by atomic mass is 127. The van der Waals surface area contributed by atoms with E-state index in [-0.39, 0.29) is 36.1 Å². The van der Waals surface area contributed by atoms with E-state index in [4.69, 9.17) is 4.74 Å². The summed E-state index contributed by atoms with van der Waals surface area (Å²) >= 11 is 0. The summed E-state index contributed by atoms with van der Waals surface area (Å²) in [6.45, 7) is 7.87. The highest BCUT2D eigenvalue weighted by Crippen LogP contribution is 2.14. The van der Waals surface area contributed by atoms with Gasteiger partial charge in [-0.25, -0.2) is 4.79 Å². The van der Waals surface area contributed by atoms with Crippen LogP contribution < -0.4 is 15.5 Å². The Morgan fingerprint density at radius 1 is 1.29 bits per heavy atom. The minimum absolute atomic E-state index is 0. The van der Waals surface area contributed by atoms with Crippen LogP contribution in [0.5, 0.6) is 0 Å². The average Bonchev–Trinajstić information content (AvgIpc) is 3.02. The van der Waals surface area contributed by atoms with Gasteiger partial charge in [-0.1, -0.05) is 12.1 Å². The summed E-state index contributed by atoms with van der Waals surface area (Å²) in [6, 6.07) is 8.52. The van der Waals surface area contributed by atoms with Gasteiger partial charge in [0.2, 0.25) is 0 Å². The topological polar surface area (TPSA) is 69.2 Å². The van der Waals surface area contributed by atoms with Gasteiger partial charge in [-0.3, -0.25) is 4.99 Å². The summed E-state index contributed by atoms with van der Waals surface area (Å²) in [7, 11) is 5.85. The van der Waals surface area contributed by atoms with Crippen molar-refractivity contribution in [3.63, 3.8) is 0 Å². The molecule has 28 heavy (non-hydrogen) atoms. The zero-order valence-electron chi connectivity index (χ0n) is 17.8. The van der Waals surface area contributed by atoms with E-state index >= 15 is 0 Å². The number of carbonyl (C=O) groups excluding carboxylic acids is 1. The number of likely N-dealkylation sites (tertiary alicyclic amines) is 1. The van der Waals surface area contributed by atoms with E-state index in [0.717, 1.165) is 25.5 Å². The third kappa shape index (κ3) is 7.73. The number of aliphatic imine (C=N–C) groups is 1. The first-order chi connectivity index (χ1) is 12.7. The van der Waals surface area contributed by atoms with Crippen LogP contribution in [-0.2, 0) is 11.3 Å². The van der Waals surface area contributed by atoms with Crippen molar-refractivity contribution in [2.24, 2.45) is 4.99 Å². The van der Waals surface area contributed by atoms with E-state index in [2.05, 4.69) is 49.7 Å². The van der Waals surface area contributed by atoms with E-state index < -0.39 is 5.60 Å². The van der Waals surface area contributed by atoms with Crippen molar-refractivity contribution in [2.45, 2.75) is 45.4 Å². The van der Waals surface area contributed by atoms with Crippen molar-refractivity contribution in [3.05, 3.63) is 29.8 Å². The standard InChI is InChI=1S/C20H33N5O2.HI/c1-20(2,3)27-19(26)23-16-11-12-25(14-16)18(21-4)22-13-15-7-9-17(10-8-15)24(5)6;/h7-10,16H,11-14H2,1-6H3,(H,21,22)(H,23,26);1H. The van der Waals surface area contributed by atoms with Crippen LogP contribution in [0.4, 0.5) is 10.5 Å². The Kier molecular flexibility index (Phi) is 9.32. The number of benzene rings is 1. The molecule has 1 unspecified atom stereocenters. The molecule has 1 aromatic rings. The first-order valence-electron chi connectivity index (χ1n) is 9.39. The summed E-state index contributed by atoms with van der Waals surface area (Å²) in [6.07, 6.45) is 0.510. The second-order valence-electron chi connectivity index (χ2n) is 8.04. The monoisotopic (exact) mass is 503 g/mol. The number of carbonyl (C=O) groups is 1. The summed E-state index contributed by atoms with van der Waals surface area (Å²) in [4.78, 5) is 20.6. The van der Waals surface area contributed by atoms with Crippen LogP contribution in [0.15, 0.2) is 29.3 Å². The third-order valence-electron chi connectivity index (χ3n) is 4.32. The zero-order valence-corrected chi connectivity index (χ0v) is 20.1. The fraction of sp³-hybridized carbons (Fsp3) is 0.600. The largest absolute Gasteiger partial charge is 0.444 e. The second-order valence-corrected chi connectivity index (χ2v) is 8.04. The minimum Gasteiger partial charge on any atom is -0.444 e. The van der Waals surface area contributed by atoms with Crippen molar-refractivity contribution in [1.82, 2.24) is 15.5 Å². The smallest absolute Gasteiger partial charge is 0.407 e. The molecule has 1 heterocycles. The highest BCUT2D eigenvalue weighted by Gasteiger charge is 2.27. The predicted octanol–water partition coefficient (Wildman–Crippen LogP) is 3.05. The maximum Gasteiger partial charge on any atom is 0.407 e. The number of hydrogen-bond acceptors (Lipinski definition) is 4. The van der Waals surface area contributed by atoms with Gasteiger partial charge in [-0.05, 0) is 44.9 Å². The fourth-order valence-corrected chi connectivity index (χ4v) is 2.97. The van der Waals surface area contributed by atoms with Gasteiger partial charge in [0.1, 0.15) is 5.60 Å². The van der Waals surface area contributed by atoms with Gasteiger partial charge >= 0.3 is 6.09 Å². The van der Waals surface area contributed by atoms with E-state index in [1.165, 1.54) is 11.3 Å². The summed E-state index contributed by atoms with van der Waals surface area (Å²) in [5, 5.41) is 6.35. The van der Waals surface area contributed by atoms with E-state index in [1.807, 2.05) is 34.9 Å². The van der Waals surface area contributed by atoms with Gasteiger partial charge in [-0.15, -0.1) is 24.0 Å². The molecule has 0 radical (unpaired) electrons. The molecule has 2 N–H and O–H groups in total. The van der Waals surface area contributed by atoms with E-state index in [9.17, 15) is 4.79 Å². The van der Waals surface area contributed by atoms with Gasteiger partial charge in [0.15, 0.2) is 5.96 Å². The Morgan fingerprint density at radius 3 is 2.46 bits per heavy atom. The van der Waals surface area contributed by atoms with Crippen LogP contribution in [0.1, 0.15) is 32.8 Å².